The quantitative estimate of drug-likeness (QED) is 0.292. The summed E-state index contributed by atoms with van der Waals surface area (Å²) in [5.74, 6) is -4.81. The number of para-hydroxylation sites is 1. The number of aromatic hydroxyl groups is 1. The van der Waals surface area contributed by atoms with Gasteiger partial charge in [-0.25, -0.2) is 0 Å². The van der Waals surface area contributed by atoms with E-state index in [4.69, 9.17) is 4.74 Å². The zero-order valence-corrected chi connectivity index (χ0v) is 25.6. The van der Waals surface area contributed by atoms with E-state index in [9.17, 15) is 24.3 Å². The number of hydrogen-bond acceptors (Lipinski definition) is 6. The largest absolute Gasteiger partial charge is 0.504 e. The number of fused-ring (bicyclic) bond motifs is 4. The lowest BCUT2D eigenvalue weighted by Crippen LogP contribution is -2.43. The predicted octanol–water partition coefficient (Wildman–Crippen LogP) is 5.57. The summed E-state index contributed by atoms with van der Waals surface area (Å²) in [6, 6.07) is 20.1. The Morgan fingerprint density at radius 2 is 1.27 bits per heavy atom. The van der Waals surface area contributed by atoms with Gasteiger partial charge in [-0.15, -0.1) is 0 Å². The highest BCUT2D eigenvalue weighted by atomic mass is 16.5. The van der Waals surface area contributed by atoms with E-state index >= 15 is 0 Å². The van der Waals surface area contributed by atoms with Gasteiger partial charge in [0.05, 0.1) is 42.2 Å². The van der Waals surface area contributed by atoms with Crippen molar-refractivity contribution in [2.75, 3.05) is 16.9 Å². The van der Waals surface area contributed by atoms with Gasteiger partial charge in [-0.3, -0.25) is 29.0 Å². The number of allylic oxidation sites excluding steroid dienone is 2. The van der Waals surface area contributed by atoms with Gasteiger partial charge in [-0.05, 0) is 73.1 Å². The van der Waals surface area contributed by atoms with Gasteiger partial charge >= 0.3 is 0 Å². The molecule has 6 atom stereocenters. The first kappa shape index (κ1) is 29.0. The second-order valence-corrected chi connectivity index (χ2v) is 12.5. The molecule has 0 spiro atoms. The number of rotatable bonds is 6. The molecule has 3 aromatic rings. The molecule has 45 heavy (non-hydrogen) atoms. The fourth-order valence-electron chi connectivity index (χ4n) is 8.16. The maximum Gasteiger partial charge on any atom is 0.238 e. The summed E-state index contributed by atoms with van der Waals surface area (Å²) in [5, 5.41) is 11.4. The molecule has 1 N–H and O–H groups in total. The molecule has 0 bridgehead atoms. The predicted molar refractivity (Wildman–Crippen MR) is 169 cm³/mol. The number of imide groups is 2. The molecular formula is C37H36N2O6. The SMILES string of the molecule is CCc1ccc(N2C(=O)C3CC=C4C(CC5C(=O)N(c6ccc(CC)cc6)C(=O)C5C4c4cccc(OC)c4O)C3C2=O)cc1. The number of methoxy groups -OCH3 is 1. The first-order valence-electron chi connectivity index (χ1n) is 15.8. The van der Waals surface area contributed by atoms with Gasteiger partial charge in [0.1, 0.15) is 0 Å². The van der Waals surface area contributed by atoms with E-state index in [1.807, 2.05) is 56.3 Å². The summed E-state index contributed by atoms with van der Waals surface area (Å²) in [6.07, 6.45) is 4.27. The average molecular weight is 605 g/mol. The second-order valence-electron chi connectivity index (χ2n) is 12.5. The molecule has 4 amide bonds. The smallest absolute Gasteiger partial charge is 0.238 e. The average Bonchev–Trinajstić information content (AvgIpc) is 3.47. The van der Waals surface area contributed by atoms with Crippen molar-refractivity contribution in [1.82, 2.24) is 0 Å². The third-order valence-electron chi connectivity index (χ3n) is 10.4. The summed E-state index contributed by atoms with van der Waals surface area (Å²) in [5.41, 5.74) is 4.56. The molecule has 1 saturated carbocycles. The zero-order chi connectivity index (χ0) is 31.6. The van der Waals surface area contributed by atoms with E-state index in [0.717, 1.165) is 29.5 Å². The Morgan fingerprint density at radius 1 is 0.711 bits per heavy atom. The normalized spacial score (nSPS) is 27.3. The van der Waals surface area contributed by atoms with Crippen molar-refractivity contribution in [2.24, 2.45) is 29.6 Å². The molecule has 3 fully saturated rings. The molecule has 6 unspecified atom stereocenters. The minimum atomic E-state index is -0.773. The number of amides is 4. The number of carbonyl (C=O) groups excluding carboxylic acids is 4. The Bertz CT molecular complexity index is 1740. The van der Waals surface area contributed by atoms with Crippen LogP contribution in [-0.2, 0) is 32.0 Å². The highest BCUT2D eigenvalue weighted by Crippen LogP contribution is 2.59. The summed E-state index contributed by atoms with van der Waals surface area (Å²) in [4.78, 5) is 59.1. The molecule has 4 aliphatic rings. The summed E-state index contributed by atoms with van der Waals surface area (Å²) < 4.78 is 5.43. The van der Waals surface area contributed by atoms with Gasteiger partial charge in [-0.1, -0.05) is 61.9 Å². The minimum Gasteiger partial charge on any atom is -0.504 e. The van der Waals surface area contributed by atoms with E-state index in [1.165, 1.54) is 16.9 Å². The maximum atomic E-state index is 14.3. The highest BCUT2D eigenvalue weighted by Gasteiger charge is 2.62. The Morgan fingerprint density at radius 3 is 1.82 bits per heavy atom. The van der Waals surface area contributed by atoms with Gasteiger partial charge in [0.2, 0.25) is 23.6 Å². The number of phenolic OH excluding ortho intramolecular Hbond substituents is 1. The number of nitrogens with zero attached hydrogens (tertiary/aromatic N) is 2. The first-order valence-corrected chi connectivity index (χ1v) is 15.8. The van der Waals surface area contributed by atoms with Gasteiger partial charge in [-0.2, -0.15) is 0 Å². The zero-order valence-electron chi connectivity index (χ0n) is 25.6. The van der Waals surface area contributed by atoms with Crippen molar-refractivity contribution in [2.45, 2.75) is 45.4 Å². The van der Waals surface area contributed by atoms with Crippen LogP contribution >= 0.6 is 0 Å². The number of hydrogen-bond donors (Lipinski definition) is 1. The van der Waals surface area contributed by atoms with E-state index in [-0.39, 0.29) is 41.5 Å². The number of anilines is 2. The van der Waals surface area contributed by atoms with Crippen molar-refractivity contribution in [3.05, 3.63) is 95.1 Å². The lowest BCUT2D eigenvalue weighted by Gasteiger charge is -2.44. The molecule has 2 aliphatic carbocycles. The number of phenols is 1. The van der Waals surface area contributed by atoms with Gasteiger partial charge in [0.25, 0.3) is 0 Å². The van der Waals surface area contributed by atoms with E-state index in [2.05, 4.69) is 0 Å². The molecule has 7 rings (SSSR count). The first-order chi connectivity index (χ1) is 21.8. The van der Waals surface area contributed by atoms with Crippen LogP contribution in [0.3, 0.4) is 0 Å². The highest BCUT2D eigenvalue weighted by molar-refractivity contribution is 6.24. The van der Waals surface area contributed by atoms with Crippen molar-refractivity contribution >= 4 is 35.0 Å². The van der Waals surface area contributed by atoms with E-state index < -0.39 is 35.5 Å². The van der Waals surface area contributed by atoms with Crippen LogP contribution in [0.1, 0.15) is 49.3 Å². The second kappa shape index (κ2) is 11.0. The van der Waals surface area contributed by atoms with Gasteiger partial charge in [0, 0.05) is 11.5 Å². The van der Waals surface area contributed by atoms with Crippen molar-refractivity contribution in [3.63, 3.8) is 0 Å². The lowest BCUT2D eigenvalue weighted by molar-refractivity contribution is -0.126. The Labute approximate surface area is 262 Å². The molecule has 2 saturated heterocycles. The van der Waals surface area contributed by atoms with Crippen molar-refractivity contribution in [3.8, 4) is 11.5 Å². The number of aryl methyl sites for hydroxylation is 2. The number of carbonyl (C=O) groups is 4. The van der Waals surface area contributed by atoms with Crippen LogP contribution in [0.4, 0.5) is 11.4 Å². The third kappa shape index (κ3) is 4.33. The van der Waals surface area contributed by atoms with Crippen LogP contribution in [0.15, 0.2) is 78.4 Å². The van der Waals surface area contributed by atoms with Crippen LogP contribution in [-0.4, -0.2) is 35.8 Å². The van der Waals surface area contributed by atoms with Crippen molar-refractivity contribution in [1.29, 1.82) is 0 Å². The Kier molecular flexibility index (Phi) is 7.10. The molecule has 0 radical (unpaired) electrons. The summed E-state index contributed by atoms with van der Waals surface area (Å²) >= 11 is 0. The molecule has 8 nitrogen and oxygen atoms in total. The molecule has 2 heterocycles. The standard InChI is InChI=1S/C37H36N2O6/c1-4-20-9-13-22(14-10-20)38-34(41)26-18-17-24-27(31(26)36(38)43)19-28-32(30(24)25-7-6-8-29(45-3)33(25)40)37(44)39(35(28)42)23-15-11-21(5-2)12-16-23/h6-17,26-28,30-32,40H,4-5,18-19H2,1-3H3. The van der Waals surface area contributed by atoms with Crippen LogP contribution in [0.25, 0.3) is 0 Å². The van der Waals surface area contributed by atoms with E-state index in [1.54, 1.807) is 30.3 Å². The topological polar surface area (TPSA) is 104 Å². The number of ether oxygens (including phenoxy) is 1. The van der Waals surface area contributed by atoms with Gasteiger partial charge in [0.15, 0.2) is 11.5 Å². The van der Waals surface area contributed by atoms with Crippen molar-refractivity contribution < 1.29 is 29.0 Å². The Hall–Kier alpha value is -4.72. The fourth-order valence-corrected chi connectivity index (χ4v) is 8.16. The van der Waals surface area contributed by atoms with Crippen LogP contribution in [0.2, 0.25) is 0 Å². The summed E-state index contributed by atoms with van der Waals surface area (Å²) in [6.45, 7) is 4.09. The number of benzene rings is 3. The molecule has 2 aliphatic heterocycles. The third-order valence-corrected chi connectivity index (χ3v) is 10.4. The summed E-state index contributed by atoms with van der Waals surface area (Å²) in [7, 11) is 1.46. The molecule has 0 aromatic heterocycles. The molecule has 3 aromatic carbocycles. The minimum absolute atomic E-state index is 0.0927. The maximum absolute atomic E-state index is 14.3. The lowest BCUT2D eigenvalue weighted by atomic mass is 9.57. The fraction of sp³-hybridized carbons (Fsp3) is 0.351. The van der Waals surface area contributed by atoms with Crippen LogP contribution < -0.4 is 14.5 Å². The van der Waals surface area contributed by atoms with Crippen LogP contribution in [0, 0.1) is 29.6 Å². The molecule has 230 valence electrons. The Balaban J connectivity index is 1.33. The monoisotopic (exact) mass is 604 g/mol. The molecular weight excluding hydrogens is 568 g/mol. The molecule has 8 heteroatoms. The van der Waals surface area contributed by atoms with Crippen LogP contribution in [0.5, 0.6) is 11.5 Å². The van der Waals surface area contributed by atoms with Gasteiger partial charge < -0.3 is 9.84 Å². The van der Waals surface area contributed by atoms with E-state index in [0.29, 0.717) is 23.4 Å².